The number of hydrogen-bond donors (Lipinski definition) is 0. The Morgan fingerprint density at radius 3 is 0.909 bits per heavy atom. The lowest BCUT2D eigenvalue weighted by Crippen LogP contribution is -2.30. The molecule has 0 aromatic heterocycles. The minimum atomic E-state index is -0.814. The molecule has 6 heteroatoms. The fraction of sp³-hybridized carbons (Fsp3) is 0.704. The second kappa shape index (κ2) is 64.6. The third-order valence-corrected chi connectivity index (χ3v) is 13.7. The van der Waals surface area contributed by atoms with E-state index in [-0.39, 0.29) is 37.5 Å². The summed E-state index contributed by atoms with van der Waals surface area (Å²) in [6.45, 7) is 6.46. The van der Waals surface area contributed by atoms with E-state index in [0.717, 1.165) is 83.5 Å². The Labute approximate surface area is 476 Å². The highest BCUT2D eigenvalue weighted by atomic mass is 16.6. The first kappa shape index (κ1) is 73.1. The van der Waals surface area contributed by atoms with E-state index in [1.54, 1.807) is 0 Å². The maximum absolute atomic E-state index is 12.9. The van der Waals surface area contributed by atoms with E-state index in [0.29, 0.717) is 19.3 Å². The van der Waals surface area contributed by atoms with E-state index < -0.39 is 6.10 Å². The van der Waals surface area contributed by atoms with Crippen LogP contribution in [0, 0.1) is 0 Å². The van der Waals surface area contributed by atoms with Crippen LogP contribution in [0.2, 0.25) is 0 Å². The maximum Gasteiger partial charge on any atom is 0.306 e. The van der Waals surface area contributed by atoms with E-state index >= 15 is 0 Å². The topological polar surface area (TPSA) is 78.9 Å². The Morgan fingerprint density at radius 1 is 0.273 bits per heavy atom. The van der Waals surface area contributed by atoms with Gasteiger partial charge in [-0.1, -0.05) is 278 Å². The summed E-state index contributed by atoms with van der Waals surface area (Å²) in [6.07, 6.45) is 88.2. The molecule has 0 aliphatic heterocycles. The lowest BCUT2D eigenvalue weighted by atomic mass is 10.0. The molecule has 0 saturated heterocycles. The SMILES string of the molecule is CC/C=C\C/C=C\C/C=C\C/C=C\C/C=C\C/C=C\CCC(=O)OC[C@H](COC(=O)CCCCCCCCCCC/C=C\C/C=C\CCCCC)OC(=O)CCCCCCCCCCCCC/C=C\CCCCCCCC. The molecule has 440 valence electrons. The molecule has 0 rings (SSSR count). The standard InChI is InChI=1S/C71H120O6/c1-4-7-10-13-16-19-22-25-28-31-34-35-38-41-44-47-50-53-56-59-62-65-71(74)77-68(66-75-69(72)63-60-57-54-51-48-45-42-39-36-32-29-26-23-20-17-14-11-8-5-2)67-76-70(73)64-61-58-55-52-49-46-43-40-37-33-30-27-24-21-18-15-12-9-6-3/h8,11,17-18,20-21,25-30,36,39,45,48,54,57,68H,4-7,9-10,12-16,19,22-24,31-35,37-38,40-44,46-47,49-53,55-56,58-67H2,1-3H3/b11-8-,20-17-,21-18-,28-25-,29-26-,30-27-,39-36-,48-45-,57-54-/t68-/m1/s1. The van der Waals surface area contributed by atoms with Gasteiger partial charge in [0.1, 0.15) is 13.2 Å². The summed E-state index contributed by atoms with van der Waals surface area (Å²) in [5.41, 5.74) is 0. The number of unbranched alkanes of at least 4 members (excludes halogenated alkanes) is 29. The van der Waals surface area contributed by atoms with Crippen LogP contribution >= 0.6 is 0 Å². The van der Waals surface area contributed by atoms with Crippen LogP contribution in [0.25, 0.3) is 0 Å². The average Bonchev–Trinajstić information content (AvgIpc) is 3.43. The number of carbonyl (C=O) groups is 3. The van der Waals surface area contributed by atoms with Crippen LogP contribution in [-0.4, -0.2) is 37.2 Å². The van der Waals surface area contributed by atoms with Crippen molar-refractivity contribution in [1.29, 1.82) is 0 Å². The van der Waals surface area contributed by atoms with Crippen molar-refractivity contribution < 1.29 is 28.6 Å². The third kappa shape index (κ3) is 62.8. The van der Waals surface area contributed by atoms with Crippen LogP contribution in [0.15, 0.2) is 109 Å². The lowest BCUT2D eigenvalue weighted by molar-refractivity contribution is -0.166. The molecule has 0 unspecified atom stereocenters. The highest BCUT2D eigenvalue weighted by molar-refractivity contribution is 5.71. The lowest BCUT2D eigenvalue weighted by Gasteiger charge is -2.18. The van der Waals surface area contributed by atoms with Gasteiger partial charge in [0.15, 0.2) is 6.10 Å². The van der Waals surface area contributed by atoms with Crippen molar-refractivity contribution in [3.63, 3.8) is 0 Å². The number of rotatable bonds is 58. The van der Waals surface area contributed by atoms with E-state index in [1.807, 2.05) is 6.08 Å². The molecule has 0 amide bonds. The zero-order valence-electron chi connectivity index (χ0n) is 50.4. The smallest absolute Gasteiger partial charge is 0.306 e. The van der Waals surface area contributed by atoms with Gasteiger partial charge < -0.3 is 14.2 Å². The Bertz CT molecular complexity index is 1560. The number of hydrogen-bond acceptors (Lipinski definition) is 6. The second-order valence-electron chi connectivity index (χ2n) is 21.3. The predicted molar refractivity (Wildman–Crippen MR) is 334 cm³/mol. The zero-order valence-corrected chi connectivity index (χ0v) is 50.4. The van der Waals surface area contributed by atoms with Gasteiger partial charge in [-0.25, -0.2) is 0 Å². The minimum Gasteiger partial charge on any atom is -0.462 e. The number of carbonyl (C=O) groups excluding carboxylic acids is 3. The van der Waals surface area contributed by atoms with Crippen molar-refractivity contribution in [2.45, 2.75) is 309 Å². The van der Waals surface area contributed by atoms with Crippen molar-refractivity contribution in [3.05, 3.63) is 109 Å². The Hall–Kier alpha value is -3.93. The number of esters is 3. The van der Waals surface area contributed by atoms with Crippen molar-refractivity contribution in [2.75, 3.05) is 13.2 Å². The van der Waals surface area contributed by atoms with Crippen molar-refractivity contribution in [1.82, 2.24) is 0 Å². The van der Waals surface area contributed by atoms with Crippen LogP contribution in [0.5, 0.6) is 0 Å². The first-order valence-electron chi connectivity index (χ1n) is 32.4. The molecular weight excluding hydrogens is 949 g/mol. The largest absolute Gasteiger partial charge is 0.462 e. The molecule has 1 atom stereocenters. The van der Waals surface area contributed by atoms with Gasteiger partial charge in [-0.05, 0) is 116 Å². The monoisotopic (exact) mass is 1070 g/mol. The fourth-order valence-corrected chi connectivity index (χ4v) is 8.91. The highest BCUT2D eigenvalue weighted by Crippen LogP contribution is 2.16. The molecule has 0 radical (unpaired) electrons. The predicted octanol–water partition coefficient (Wildman–Crippen LogP) is 22.2. The van der Waals surface area contributed by atoms with E-state index in [1.165, 1.54) is 173 Å². The summed E-state index contributed by atoms with van der Waals surface area (Å²) < 4.78 is 16.9. The molecule has 0 saturated carbocycles. The van der Waals surface area contributed by atoms with E-state index in [4.69, 9.17) is 14.2 Å². The summed E-state index contributed by atoms with van der Waals surface area (Å²) in [6, 6.07) is 0. The molecule has 0 fully saturated rings. The minimum absolute atomic E-state index is 0.104. The third-order valence-electron chi connectivity index (χ3n) is 13.7. The first-order chi connectivity index (χ1) is 38.0. The molecule has 77 heavy (non-hydrogen) atoms. The van der Waals surface area contributed by atoms with E-state index in [9.17, 15) is 14.4 Å². The Kier molecular flexibility index (Phi) is 61.3. The van der Waals surface area contributed by atoms with Crippen molar-refractivity contribution in [2.24, 2.45) is 0 Å². The summed E-state index contributed by atoms with van der Waals surface area (Å²) >= 11 is 0. The summed E-state index contributed by atoms with van der Waals surface area (Å²) in [5, 5.41) is 0. The zero-order chi connectivity index (χ0) is 55.7. The molecule has 0 spiro atoms. The molecule has 0 aromatic carbocycles. The van der Waals surface area contributed by atoms with Gasteiger partial charge in [0, 0.05) is 19.3 Å². The summed E-state index contributed by atoms with van der Waals surface area (Å²) in [4.78, 5) is 38.3. The second-order valence-corrected chi connectivity index (χ2v) is 21.3. The molecule has 0 heterocycles. The van der Waals surface area contributed by atoms with Crippen molar-refractivity contribution in [3.8, 4) is 0 Å². The summed E-state index contributed by atoms with van der Waals surface area (Å²) in [7, 11) is 0. The first-order valence-corrected chi connectivity index (χ1v) is 32.4. The number of allylic oxidation sites excluding steroid dienone is 18. The molecule has 0 aliphatic rings. The molecule has 0 N–H and O–H groups in total. The van der Waals surface area contributed by atoms with Gasteiger partial charge in [-0.3, -0.25) is 14.4 Å². The normalized spacial score (nSPS) is 12.8. The Morgan fingerprint density at radius 2 is 0.532 bits per heavy atom. The molecule has 0 aromatic rings. The van der Waals surface area contributed by atoms with Gasteiger partial charge in [-0.2, -0.15) is 0 Å². The van der Waals surface area contributed by atoms with Gasteiger partial charge in [0.25, 0.3) is 0 Å². The van der Waals surface area contributed by atoms with Crippen LogP contribution in [0.3, 0.4) is 0 Å². The van der Waals surface area contributed by atoms with Crippen LogP contribution in [0.1, 0.15) is 303 Å². The van der Waals surface area contributed by atoms with Gasteiger partial charge in [0.2, 0.25) is 0 Å². The van der Waals surface area contributed by atoms with Crippen LogP contribution in [-0.2, 0) is 28.6 Å². The Balaban J connectivity index is 4.48. The molecule has 0 bridgehead atoms. The van der Waals surface area contributed by atoms with Crippen molar-refractivity contribution >= 4 is 17.9 Å². The highest BCUT2D eigenvalue weighted by Gasteiger charge is 2.19. The quantitative estimate of drug-likeness (QED) is 0.0261. The van der Waals surface area contributed by atoms with E-state index in [2.05, 4.69) is 124 Å². The van der Waals surface area contributed by atoms with Gasteiger partial charge in [-0.15, -0.1) is 0 Å². The van der Waals surface area contributed by atoms with Gasteiger partial charge in [0.05, 0.1) is 0 Å². The molecular formula is C71H120O6. The molecule has 0 aliphatic carbocycles. The van der Waals surface area contributed by atoms with Crippen LogP contribution in [0.4, 0.5) is 0 Å². The fourth-order valence-electron chi connectivity index (χ4n) is 8.91. The summed E-state index contributed by atoms with van der Waals surface area (Å²) in [5.74, 6) is -0.988. The van der Waals surface area contributed by atoms with Crippen LogP contribution < -0.4 is 0 Å². The average molecular weight is 1070 g/mol. The molecule has 6 nitrogen and oxygen atoms in total. The number of ether oxygens (including phenoxy) is 3. The van der Waals surface area contributed by atoms with Gasteiger partial charge >= 0.3 is 17.9 Å². The maximum atomic E-state index is 12.9.